The number of hydrogen-bond acceptors (Lipinski definition) is 4. The third-order valence-electron chi connectivity index (χ3n) is 2.68. The summed E-state index contributed by atoms with van der Waals surface area (Å²) < 4.78 is 11.4. The quantitative estimate of drug-likeness (QED) is 0.622. The first kappa shape index (κ1) is 10.1. The Morgan fingerprint density at radius 3 is 2.86 bits per heavy atom. The second kappa shape index (κ2) is 3.31. The molecular formula is C10H17NO3. The van der Waals surface area contributed by atoms with Gasteiger partial charge in [0.05, 0.1) is 6.04 Å². The molecule has 0 radical (unpaired) electrons. The Hall–Kier alpha value is -0.420. The molecule has 0 amide bonds. The smallest absolute Gasteiger partial charge is 0.164 e. The molecule has 3 atom stereocenters. The lowest BCUT2D eigenvalue weighted by Crippen LogP contribution is -2.35. The Bertz CT molecular complexity index is 262. The van der Waals surface area contributed by atoms with E-state index in [4.69, 9.17) is 20.3 Å². The van der Waals surface area contributed by atoms with Crippen LogP contribution in [0.1, 0.15) is 20.3 Å². The van der Waals surface area contributed by atoms with E-state index in [1.165, 1.54) is 0 Å². The van der Waals surface area contributed by atoms with Gasteiger partial charge in [0.1, 0.15) is 12.2 Å². The van der Waals surface area contributed by atoms with Crippen molar-refractivity contribution in [2.75, 3.05) is 6.61 Å². The van der Waals surface area contributed by atoms with Gasteiger partial charge in [0.15, 0.2) is 5.79 Å². The van der Waals surface area contributed by atoms with E-state index in [9.17, 15) is 0 Å². The van der Waals surface area contributed by atoms with Crippen LogP contribution in [0.2, 0.25) is 0 Å². The fourth-order valence-corrected chi connectivity index (χ4v) is 2.15. The van der Waals surface area contributed by atoms with Crippen molar-refractivity contribution in [2.24, 2.45) is 5.73 Å². The highest BCUT2D eigenvalue weighted by Crippen LogP contribution is 2.38. The molecule has 0 aromatic carbocycles. The molecule has 0 aromatic rings. The van der Waals surface area contributed by atoms with Crippen LogP contribution in [0.15, 0.2) is 11.6 Å². The lowest BCUT2D eigenvalue weighted by Gasteiger charge is -2.19. The SMILES string of the molecule is CC1(C)O[C@H]2[C@H](N)C=C(CCO)[C@H]2O1. The fraction of sp³-hybridized carbons (Fsp3) is 0.800. The predicted molar refractivity (Wildman–Crippen MR) is 51.6 cm³/mol. The van der Waals surface area contributed by atoms with Gasteiger partial charge in [-0.1, -0.05) is 6.08 Å². The molecule has 14 heavy (non-hydrogen) atoms. The maximum absolute atomic E-state index is 8.88. The number of aliphatic hydroxyl groups excluding tert-OH is 1. The zero-order valence-corrected chi connectivity index (χ0v) is 8.56. The lowest BCUT2D eigenvalue weighted by atomic mass is 10.1. The van der Waals surface area contributed by atoms with Crippen molar-refractivity contribution >= 4 is 0 Å². The molecule has 0 saturated carbocycles. The summed E-state index contributed by atoms with van der Waals surface area (Å²) in [5, 5.41) is 8.88. The van der Waals surface area contributed by atoms with Crippen molar-refractivity contribution in [3.63, 3.8) is 0 Å². The van der Waals surface area contributed by atoms with Gasteiger partial charge < -0.3 is 20.3 Å². The second-order valence-corrected chi connectivity index (χ2v) is 4.31. The molecule has 0 unspecified atom stereocenters. The van der Waals surface area contributed by atoms with Crippen LogP contribution in [0.3, 0.4) is 0 Å². The average Bonchev–Trinajstić information content (AvgIpc) is 2.51. The summed E-state index contributed by atoms with van der Waals surface area (Å²) in [5.41, 5.74) is 6.96. The molecule has 1 saturated heterocycles. The van der Waals surface area contributed by atoms with Crippen LogP contribution in [0.5, 0.6) is 0 Å². The maximum atomic E-state index is 8.88. The normalized spacial score (nSPS) is 39.7. The Labute approximate surface area is 83.7 Å². The average molecular weight is 199 g/mol. The van der Waals surface area contributed by atoms with Crippen LogP contribution in [-0.2, 0) is 9.47 Å². The van der Waals surface area contributed by atoms with Gasteiger partial charge in [-0.15, -0.1) is 0 Å². The molecular weight excluding hydrogens is 182 g/mol. The third kappa shape index (κ3) is 1.59. The highest BCUT2D eigenvalue weighted by Gasteiger charge is 2.48. The Morgan fingerprint density at radius 2 is 2.21 bits per heavy atom. The molecule has 0 aromatic heterocycles. The van der Waals surface area contributed by atoms with E-state index in [1.807, 2.05) is 19.9 Å². The van der Waals surface area contributed by atoms with Crippen LogP contribution in [0.4, 0.5) is 0 Å². The Kier molecular flexibility index (Phi) is 2.39. The lowest BCUT2D eigenvalue weighted by molar-refractivity contribution is -0.146. The predicted octanol–water partition coefficient (Wildman–Crippen LogP) is 0.156. The zero-order chi connectivity index (χ0) is 10.3. The first-order valence-corrected chi connectivity index (χ1v) is 4.96. The number of hydrogen-bond donors (Lipinski definition) is 2. The van der Waals surface area contributed by atoms with Crippen LogP contribution < -0.4 is 5.73 Å². The summed E-state index contributed by atoms with van der Waals surface area (Å²) in [4.78, 5) is 0. The Balaban J connectivity index is 2.13. The van der Waals surface area contributed by atoms with Crippen molar-refractivity contribution < 1.29 is 14.6 Å². The largest absolute Gasteiger partial charge is 0.396 e. The third-order valence-corrected chi connectivity index (χ3v) is 2.68. The molecule has 2 rings (SSSR count). The van der Waals surface area contributed by atoms with Gasteiger partial charge in [-0.25, -0.2) is 0 Å². The second-order valence-electron chi connectivity index (χ2n) is 4.31. The molecule has 1 fully saturated rings. The van der Waals surface area contributed by atoms with Crippen molar-refractivity contribution in [2.45, 2.75) is 44.3 Å². The van der Waals surface area contributed by atoms with E-state index in [2.05, 4.69) is 0 Å². The molecule has 0 spiro atoms. The molecule has 4 nitrogen and oxygen atoms in total. The monoisotopic (exact) mass is 199 g/mol. The summed E-state index contributed by atoms with van der Waals surface area (Å²) in [5.74, 6) is -0.554. The molecule has 1 aliphatic heterocycles. The van der Waals surface area contributed by atoms with E-state index in [-0.39, 0.29) is 24.9 Å². The highest BCUT2D eigenvalue weighted by atomic mass is 16.8. The van der Waals surface area contributed by atoms with Gasteiger partial charge in [-0.05, 0) is 25.8 Å². The van der Waals surface area contributed by atoms with Crippen LogP contribution in [-0.4, -0.2) is 35.8 Å². The fourth-order valence-electron chi connectivity index (χ4n) is 2.15. The molecule has 3 N–H and O–H groups in total. The minimum Gasteiger partial charge on any atom is -0.396 e. The zero-order valence-electron chi connectivity index (χ0n) is 8.56. The molecule has 4 heteroatoms. The Morgan fingerprint density at radius 1 is 1.50 bits per heavy atom. The number of ether oxygens (including phenoxy) is 2. The van der Waals surface area contributed by atoms with Crippen molar-refractivity contribution in [3.05, 3.63) is 11.6 Å². The highest BCUT2D eigenvalue weighted by molar-refractivity contribution is 5.25. The summed E-state index contributed by atoms with van der Waals surface area (Å²) in [7, 11) is 0. The number of rotatable bonds is 2. The van der Waals surface area contributed by atoms with E-state index in [0.717, 1.165) is 5.57 Å². The number of nitrogens with two attached hydrogens (primary N) is 1. The van der Waals surface area contributed by atoms with Gasteiger partial charge in [-0.2, -0.15) is 0 Å². The first-order valence-electron chi connectivity index (χ1n) is 4.96. The number of aliphatic hydroxyl groups is 1. The summed E-state index contributed by atoms with van der Waals surface area (Å²) in [6.07, 6.45) is 2.42. The van der Waals surface area contributed by atoms with Gasteiger partial charge in [0.2, 0.25) is 0 Å². The molecule has 80 valence electrons. The van der Waals surface area contributed by atoms with Crippen molar-refractivity contribution in [1.29, 1.82) is 0 Å². The van der Waals surface area contributed by atoms with E-state index < -0.39 is 5.79 Å². The van der Waals surface area contributed by atoms with Crippen LogP contribution >= 0.6 is 0 Å². The summed E-state index contributed by atoms with van der Waals surface area (Å²) >= 11 is 0. The van der Waals surface area contributed by atoms with Crippen molar-refractivity contribution in [3.8, 4) is 0 Å². The van der Waals surface area contributed by atoms with Gasteiger partial charge >= 0.3 is 0 Å². The van der Waals surface area contributed by atoms with Gasteiger partial charge in [0.25, 0.3) is 0 Å². The molecule has 1 aliphatic carbocycles. The topological polar surface area (TPSA) is 64.7 Å². The number of fused-ring (bicyclic) bond motifs is 1. The van der Waals surface area contributed by atoms with Crippen LogP contribution in [0.25, 0.3) is 0 Å². The first-order chi connectivity index (χ1) is 6.53. The minimum atomic E-state index is -0.554. The molecule has 2 aliphatic rings. The molecule has 0 bridgehead atoms. The minimum absolute atomic E-state index is 0.0628. The van der Waals surface area contributed by atoms with Gasteiger partial charge in [-0.3, -0.25) is 0 Å². The van der Waals surface area contributed by atoms with E-state index in [1.54, 1.807) is 0 Å². The molecule has 1 heterocycles. The van der Waals surface area contributed by atoms with E-state index in [0.29, 0.717) is 6.42 Å². The van der Waals surface area contributed by atoms with Crippen LogP contribution in [0, 0.1) is 0 Å². The maximum Gasteiger partial charge on any atom is 0.164 e. The van der Waals surface area contributed by atoms with Gasteiger partial charge in [0, 0.05) is 6.61 Å². The van der Waals surface area contributed by atoms with Crippen molar-refractivity contribution in [1.82, 2.24) is 0 Å². The summed E-state index contributed by atoms with van der Waals surface area (Å²) in [6, 6.07) is -0.108. The van der Waals surface area contributed by atoms with E-state index >= 15 is 0 Å². The summed E-state index contributed by atoms with van der Waals surface area (Å²) in [6.45, 7) is 3.90. The standard InChI is InChI=1S/C10H17NO3/c1-10(2)13-8-6(3-4-12)5-7(11)9(8)14-10/h5,7-9,12H,3-4,11H2,1-2H3/t7-,8-,9+/m1/s1.